The molecule has 1 N–H and O–H groups in total. The molecule has 0 radical (unpaired) electrons. The second-order valence-electron chi connectivity index (χ2n) is 4.35. The highest BCUT2D eigenvalue weighted by atomic mass is 35.5. The van der Waals surface area contributed by atoms with Crippen molar-refractivity contribution in [3.63, 3.8) is 0 Å². The van der Waals surface area contributed by atoms with E-state index in [2.05, 4.69) is 17.6 Å². The summed E-state index contributed by atoms with van der Waals surface area (Å²) in [6.07, 6.45) is 0.873. The number of nitrogens with one attached hydrogen (secondary N) is 1. The Balaban J connectivity index is 1.86. The molecule has 1 nitrogen and oxygen atoms in total. The molecule has 1 unspecified atom stereocenters. The van der Waals surface area contributed by atoms with Gasteiger partial charge in [0.2, 0.25) is 0 Å². The Labute approximate surface area is 132 Å². The van der Waals surface area contributed by atoms with Gasteiger partial charge >= 0.3 is 0 Å². The molecule has 2 rings (SSSR count). The van der Waals surface area contributed by atoms with Crippen LogP contribution >= 0.6 is 46.1 Å². The van der Waals surface area contributed by atoms with Crippen molar-refractivity contribution in [1.82, 2.24) is 5.32 Å². The molecular weight excluding hydrogens is 321 g/mol. The Bertz CT molecular complexity index is 553. The van der Waals surface area contributed by atoms with E-state index in [4.69, 9.17) is 34.8 Å². The number of hydrogen-bond acceptors (Lipinski definition) is 2. The summed E-state index contributed by atoms with van der Waals surface area (Å²) in [5, 5.41) is 6.93. The molecular formula is C14H14Cl3NS. The van der Waals surface area contributed by atoms with Crippen LogP contribution in [0.2, 0.25) is 14.4 Å². The lowest BCUT2D eigenvalue weighted by Gasteiger charge is -2.13. The van der Waals surface area contributed by atoms with Crippen molar-refractivity contribution in [2.75, 3.05) is 6.54 Å². The quantitative estimate of drug-likeness (QED) is 0.750. The molecule has 1 atom stereocenters. The lowest BCUT2D eigenvalue weighted by molar-refractivity contribution is 0.578. The molecule has 0 saturated carbocycles. The molecule has 0 aliphatic rings. The maximum absolute atomic E-state index is 6.14. The predicted molar refractivity (Wildman–Crippen MR) is 85.9 cm³/mol. The van der Waals surface area contributed by atoms with E-state index in [1.165, 1.54) is 5.56 Å². The third-order valence-corrected chi connectivity index (χ3v) is 4.64. The molecule has 1 aromatic carbocycles. The minimum absolute atomic E-state index is 0.287. The van der Waals surface area contributed by atoms with Crippen LogP contribution in [0, 0.1) is 0 Å². The van der Waals surface area contributed by atoms with E-state index in [-0.39, 0.29) is 6.04 Å². The Morgan fingerprint density at radius 2 is 2.00 bits per heavy atom. The van der Waals surface area contributed by atoms with E-state index in [0.717, 1.165) is 27.9 Å². The average Bonchev–Trinajstić information content (AvgIpc) is 2.78. The summed E-state index contributed by atoms with van der Waals surface area (Å²) in [4.78, 5) is 0. The molecule has 0 aliphatic carbocycles. The zero-order valence-electron chi connectivity index (χ0n) is 10.4. The third-order valence-electron chi connectivity index (χ3n) is 2.95. The van der Waals surface area contributed by atoms with E-state index in [1.54, 1.807) is 17.4 Å². The van der Waals surface area contributed by atoms with Gasteiger partial charge in [0.25, 0.3) is 0 Å². The van der Waals surface area contributed by atoms with Crippen LogP contribution < -0.4 is 5.32 Å². The summed E-state index contributed by atoms with van der Waals surface area (Å²) in [5.41, 5.74) is 2.33. The average molecular weight is 335 g/mol. The van der Waals surface area contributed by atoms with E-state index < -0.39 is 0 Å². The van der Waals surface area contributed by atoms with E-state index >= 15 is 0 Å². The Hall–Kier alpha value is -0.250. The lowest BCUT2D eigenvalue weighted by Crippen LogP contribution is -2.21. The number of hydrogen-bond donors (Lipinski definition) is 1. The SMILES string of the molecule is CC(NCCc1ccc(Cl)cc1Cl)c1csc(Cl)c1. The monoisotopic (exact) mass is 333 g/mol. The first-order valence-corrected chi connectivity index (χ1v) is 7.99. The smallest absolute Gasteiger partial charge is 0.0931 e. The predicted octanol–water partition coefficient (Wildman–Crippen LogP) is 5.60. The summed E-state index contributed by atoms with van der Waals surface area (Å²) in [6.45, 7) is 2.98. The van der Waals surface area contributed by atoms with Crippen molar-refractivity contribution in [1.29, 1.82) is 0 Å². The van der Waals surface area contributed by atoms with Crippen LogP contribution in [0.25, 0.3) is 0 Å². The van der Waals surface area contributed by atoms with Gasteiger partial charge in [-0.15, -0.1) is 11.3 Å². The highest BCUT2D eigenvalue weighted by Crippen LogP contribution is 2.25. The first-order valence-electron chi connectivity index (χ1n) is 5.97. The van der Waals surface area contributed by atoms with Crippen molar-refractivity contribution >= 4 is 46.1 Å². The van der Waals surface area contributed by atoms with E-state index in [1.807, 2.05) is 18.2 Å². The molecule has 0 bridgehead atoms. The summed E-state index contributed by atoms with van der Waals surface area (Å²) in [7, 11) is 0. The van der Waals surface area contributed by atoms with Crippen molar-refractivity contribution in [2.24, 2.45) is 0 Å². The normalized spacial score (nSPS) is 12.6. The summed E-state index contributed by atoms with van der Waals surface area (Å²) < 4.78 is 0.824. The highest BCUT2D eigenvalue weighted by molar-refractivity contribution is 7.14. The Morgan fingerprint density at radius 3 is 2.63 bits per heavy atom. The summed E-state index contributed by atoms with van der Waals surface area (Å²) in [6, 6.07) is 7.90. The van der Waals surface area contributed by atoms with Gasteiger partial charge in [0.1, 0.15) is 0 Å². The second-order valence-corrected chi connectivity index (χ2v) is 6.73. The molecule has 2 aromatic rings. The van der Waals surface area contributed by atoms with Gasteiger partial charge in [-0.1, -0.05) is 40.9 Å². The Morgan fingerprint density at radius 1 is 1.21 bits per heavy atom. The number of benzene rings is 1. The molecule has 0 saturated heterocycles. The standard InChI is InChI=1S/C14H14Cl3NS/c1-9(11-6-14(17)19-8-11)18-5-4-10-2-3-12(15)7-13(10)16/h2-3,6-9,18H,4-5H2,1H3. The molecule has 19 heavy (non-hydrogen) atoms. The first-order chi connectivity index (χ1) is 9.06. The van der Waals surface area contributed by atoms with Gasteiger partial charge in [0.05, 0.1) is 4.34 Å². The van der Waals surface area contributed by atoms with Gasteiger partial charge in [0.15, 0.2) is 0 Å². The van der Waals surface area contributed by atoms with Crippen LogP contribution in [0.15, 0.2) is 29.6 Å². The molecule has 1 aromatic heterocycles. The molecule has 0 fully saturated rings. The second kappa shape index (κ2) is 6.96. The molecule has 0 aliphatic heterocycles. The maximum atomic E-state index is 6.14. The molecule has 102 valence electrons. The summed E-state index contributed by atoms with van der Waals surface area (Å²) >= 11 is 19.5. The lowest BCUT2D eigenvalue weighted by atomic mass is 10.1. The van der Waals surface area contributed by atoms with Crippen LogP contribution in [-0.4, -0.2) is 6.54 Å². The third kappa shape index (κ3) is 4.37. The fourth-order valence-electron chi connectivity index (χ4n) is 1.82. The molecule has 1 heterocycles. The van der Waals surface area contributed by atoms with Crippen molar-refractivity contribution < 1.29 is 0 Å². The van der Waals surface area contributed by atoms with Crippen molar-refractivity contribution in [2.45, 2.75) is 19.4 Å². The summed E-state index contributed by atoms with van der Waals surface area (Å²) in [5.74, 6) is 0. The van der Waals surface area contributed by atoms with Gasteiger partial charge in [-0.25, -0.2) is 0 Å². The number of rotatable bonds is 5. The molecule has 5 heteroatoms. The number of halogens is 3. The van der Waals surface area contributed by atoms with Gasteiger partial charge in [0, 0.05) is 16.1 Å². The van der Waals surface area contributed by atoms with Gasteiger partial charge < -0.3 is 5.32 Å². The van der Waals surface area contributed by atoms with E-state index in [9.17, 15) is 0 Å². The Kier molecular flexibility index (Phi) is 5.55. The maximum Gasteiger partial charge on any atom is 0.0931 e. The van der Waals surface area contributed by atoms with Crippen LogP contribution in [-0.2, 0) is 6.42 Å². The van der Waals surface area contributed by atoms with Crippen molar-refractivity contribution in [3.05, 3.63) is 55.2 Å². The van der Waals surface area contributed by atoms with Crippen LogP contribution in [0.3, 0.4) is 0 Å². The first kappa shape index (κ1) is 15.1. The van der Waals surface area contributed by atoms with Crippen LogP contribution in [0.4, 0.5) is 0 Å². The minimum Gasteiger partial charge on any atom is -0.310 e. The molecule has 0 spiro atoms. The number of thiophene rings is 1. The molecule has 0 amide bonds. The van der Waals surface area contributed by atoms with Gasteiger partial charge in [-0.05, 0) is 54.6 Å². The minimum atomic E-state index is 0.287. The highest BCUT2D eigenvalue weighted by Gasteiger charge is 2.07. The largest absolute Gasteiger partial charge is 0.310 e. The van der Waals surface area contributed by atoms with Gasteiger partial charge in [-0.2, -0.15) is 0 Å². The zero-order chi connectivity index (χ0) is 13.8. The van der Waals surface area contributed by atoms with Gasteiger partial charge in [-0.3, -0.25) is 0 Å². The fourth-order valence-corrected chi connectivity index (χ4v) is 3.30. The van der Waals surface area contributed by atoms with Crippen molar-refractivity contribution in [3.8, 4) is 0 Å². The van der Waals surface area contributed by atoms with Crippen LogP contribution in [0.5, 0.6) is 0 Å². The van der Waals surface area contributed by atoms with E-state index in [0.29, 0.717) is 5.02 Å². The topological polar surface area (TPSA) is 12.0 Å². The fraction of sp³-hybridized carbons (Fsp3) is 0.286. The zero-order valence-corrected chi connectivity index (χ0v) is 13.5. The van der Waals surface area contributed by atoms with Crippen LogP contribution in [0.1, 0.15) is 24.1 Å².